The van der Waals surface area contributed by atoms with E-state index in [4.69, 9.17) is 4.74 Å². The zero-order valence-electron chi connectivity index (χ0n) is 9.22. The normalized spacial score (nSPS) is 11.2. The first-order valence-electron chi connectivity index (χ1n) is 4.57. The second kappa shape index (κ2) is 4.56. The zero-order chi connectivity index (χ0) is 12.3. The molecular weight excluding hydrogens is 232 g/mol. The summed E-state index contributed by atoms with van der Waals surface area (Å²) >= 11 is 0. The van der Waals surface area contributed by atoms with Gasteiger partial charge in [-0.1, -0.05) is 0 Å². The van der Waals surface area contributed by atoms with Gasteiger partial charge in [-0.05, 0) is 13.8 Å². The minimum Gasteiger partial charge on any atom is -0.462 e. The van der Waals surface area contributed by atoms with Crippen LogP contribution in [0.15, 0.2) is 11.2 Å². The van der Waals surface area contributed by atoms with Crippen molar-refractivity contribution in [2.75, 3.05) is 12.9 Å². The molecule has 0 atom stereocenters. The number of rotatable bonds is 3. The molecule has 0 spiro atoms. The van der Waals surface area contributed by atoms with E-state index in [1.165, 1.54) is 0 Å². The lowest BCUT2D eigenvalue weighted by atomic mass is 10.3. The van der Waals surface area contributed by atoms with Crippen LogP contribution in [0.1, 0.15) is 23.1 Å². The molecule has 0 aliphatic rings. The van der Waals surface area contributed by atoms with E-state index in [2.05, 4.69) is 9.97 Å². The van der Waals surface area contributed by atoms with Crippen molar-refractivity contribution in [2.45, 2.75) is 18.9 Å². The van der Waals surface area contributed by atoms with Gasteiger partial charge in [0.25, 0.3) is 0 Å². The summed E-state index contributed by atoms with van der Waals surface area (Å²) in [5, 5.41) is -0.293. The lowest BCUT2D eigenvalue weighted by Crippen LogP contribution is -2.14. The van der Waals surface area contributed by atoms with Gasteiger partial charge in [-0.25, -0.2) is 23.2 Å². The van der Waals surface area contributed by atoms with E-state index in [9.17, 15) is 13.2 Å². The predicted octanol–water partition coefficient (Wildman–Crippen LogP) is 0.365. The van der Waals surface area contributed by atoms with Crippen LogP contribution in [0, 0.1) is 6.92 Å². The number of carbonyl (C=O) groups excluding carboxylic acids is 1. The molecule has 1 heterocycles. The lowest BCUT2D eigenvalue weighted by molar-refractivity contribution is 0.0520. The van der Waals surface area contributed by atoms with Crippen LogP contribution in [0.3, 0.4) is 0 Å². The molecule has 88 valence electrons. The summed E-state index contributed by atoms with van der Waals surface area (Å²) in [6, 6.07) is 0. The maximum absolute atomic E-state index is 11.5. The highest BCUT2D eigenvalue weighted by Crippen LogP contribution is 2.13. The molecule has 0 radical (unpaired) electrons. The number of esters is 1. The molecule has 0 N–H and O–H groups in total. The second-order valence-electron chi connectivity index (χ2n) is 3.13. The molecule has 0 fully saturated rings. The van der Waals surface area contributed by atoms with Crippen molar-refractivity contribution >= 4 is 15.8 Å². The number of aryl methyl sites for hydroxylation is 1. The van der Waals surface area contributed by atoms with Crippen molar-refractivity contribution in [3.05, 3.63) is 17.6 Å². The van der Waals surface area contributed by atoms with E-state index in [0.717, 1.165) is 12.5 Å². The van der Waals surface area contributed by atoms with E-state index >= 15 is 0 Å². The number of carbonyl (C=O) groups is 1. The summed E-state index contributed by atoms with van der Waals surface area (Å²) in [4.78, 5) is 19.0. The van der Waals surface area contributed by atoms with Crippen molar-refractivity contribution in [1.29, 1.82) is 0 Å². The fraction of sp³-hybridized carbons (Fsp3) is 0.444. The Labute approximate surface area is 93.6 Å². The number of ether oxygens (including phenoxy) is 1. The third-order valence-corrected chi connectivity index (χ3v) is 2.73. The third kappa shape index (κ3) is 2.75. The summed E-state index contributed by atoms with van der Waals surface area (Å²) in [5.41, 5.74) is -0.130. The van der Waals surface area contributed by atoms with Gasteiger partial charge in [0, 0.05) is 12.5 Å². The topological polar surface area (TPSA) is 86.2 Å². The molecule has 16 heavy (non-hydrogen) atoms. The maximum Gasteiger partial charge on any atom is 0.342 e. The van der Waals surface area contributed by atoms with Crippen LogP contribution in [0.4, 0.5) is 0 Å². The van der Waals surface area contributed by atoms with Crippen LogP contribution >= 0.6 is 0 Å². The number of nitrogens with zero attached hydrogens (tertiary/aromatic N) is 2. The van der Waals surface area contributed by atoms with Crippen molar-refractivity contribution in [1.82, 2.24) is 9.97 Å². The molecule has 0 saturated heterocycles. The van der Waals surface area contributed by atoms with Gasteiger partial charge in [0.05, 0.1) is 6.61 Å². The van der Waals surface area contributed by atoms with Gasteiger partial charge >= 0.3 is 5.97 Å². The SMILES string of the molecule is CCOC(=O)c1cnc(C)nc1S(C)(=O)=O. The Morgan fingerprint density at radius 3 is 2.62 bits per heavy atom. The van der Waals surface area contributed by atoms with Crippen LogP contribution in [0.25, 0.3) is 0 Å². The van der Waals surface area contributed by atoms with Gasteiger partial charge in [0.1, 0.15) is 11.4 Å². The van der Waals surface area contributed by atoms with Gasteiger partial charge in [-0.3, -0.25) is 0 Å². The molecule has 7 heteroatoms. The molecule has 0 saturated carbocycles. The monoisotopic (exact) mass is 244 g/mol. The average Bonchev–Trinajstić information content (AvgIpc) is 2.16. The van der Waals surface area contributed by atoms with Crippen molar-refractivity contribution in [3.8, 4) is 0 Å². The van der Waals surface area contributed by atoms with E-state index in [0.29, 0.717) is 0 Å². The maximum atomic E-state index is 11.5. The smallest absolute Gasteiger partial charge is 0.342 e. The number of aromatic nitrogens is 2. The van der Waals surface area contributed by atoms with Gasteiger partial charge < -0.3 is 4.74 Å². The standard InChI is InChI=1S/C9H12N2O4S/c1-4-15-9(12)7-5-10-6(2)11-8(7)16(3,13)14/h5H,4H2,1-3H3. The van der Waals surface area contributed by atoms with Crippen molar-refractivity contribution in [3.63, 3.8) is 0 Å². The summed E-state index contributed by atoms with van der Waals surface area (Å²) in [5.74, 6) is -0.448. The van der Waals surface area contributed by atoms with E-state index in [-0.39, 0.29) is 23.0 Å². The van der Waals surface area contributed by atoms with Crippen LogP contribution in [-0.2, 0) is 14.6 Å². The Balaban J connectivity index is 3.35. The summed E-state index contributed by atoms with van der Waals surface area (Å²) in [7, 11) is -3.57. The van der Waals surface area contributed by atoms with Gasteiger partial charge in [0.15, 0.2) is 14.9 Å². The quantitative estimate of drug-likeness (QED) is 0.564. The van der Waals surface area contributed by atoms with E-state index < -0.39 is 15.8 Å². The highest BCUT2D eigenvalue weighted by atomic mass is 32.2. The fourth-order valence-corrected chi connectivity index (χ4v) is 1.91. The highest BCUT2D eigenvalue weighted by molar-refractivity contribution is 7.90. The minimum atomic E-state index is -3.57. The number of hydrogen-bond donors (Lipinski definition) is 0. The van der Waals surface area contributed by atoms with Gasteiger partial charge in [-0.2, -0.15) is 0 Å². The minimum absolute atomic E-state index is 0.130. The van der Waals surface area contributed by atoms with Gasteiger partial charge in [0.2, 0.25) is 0 Å². The number of sulfone groups is 1. The molecule has 0 aliphatic heterocycles. The molecule has 0 bridgehead atoms. The Hall–Kier alpha value is -1.50. The summed E-state index contributed by atoms with van der Waals surface area (Å²) in [6.07, 6.45) is 2.15. The molecule has 0 unspecified atom stereocenters. The first-order chi connectivity index (χ1) is 7.36. The fourth-order valence-electron chi connectivity index (χ4n) is 1.08. The first-order valence-corrected chi connectivity index (χ1v) is 6.46. The van der Waals surface area contributed by atoms with Crippen molar-refractivity contribution < 1.29 is 17.9 Å². The molecule has 0 amide bonds. The summed E-state index contributed by atoms with van der Waals surface area (Å²) < 4.78 is 27.6. The summed E-state index contributed by atoms with van der Waals surface area (Å²) in [6.45, 7) is 3.34. The zero-order valence-corrected chi connectivity index (χ0v) is 10.0. The molecule has 1 aromatic heterocycles. The molecule has 1 aromatic rings. The van der Waals surface area contributed by atoms with E-state index in [1.807, 2.05) is 0 Å². The van der Waals surface area contributed by atoms with Crippen LogP contribution in [0.2, 0.25) is 0 Å². The molecule has 1 rings (SSSR count). The third-order valence-electron chi connectivity index (χ3n) is 1.72. The Morgan fingerprint density at radius 2 is 2.12 bits per heavy atom. The van der Waals surface area contributed by atoms with Crippen LogP contribution < -0.4 is 0 Å². The lowest BCUT2D eigenvalue weighted by Gasteiger charge is -2.06. The molecule has 0 aliphatic carbocycles. The van der Waals surface area contributed by atoms with Crippen LogP contribution in [0.5, 0.6) is 0 Å². The molecule has 6 nitrogen and oxygen atoms in total. The Morgan fingerprint density at radius 1 is 1.50 bits per heavy atom. The molecule has 0 aromatic carbocycles. The first kappa shape index (κ1) is 12.6. The van der Waals surface area contributed by atoms with Crippen molar-refractivity contribution in [2.24, 2.45) is 0 Å². The second-order valence-corrected chi connectivity index (χ2v) is 5.06. The number of hydrogen-bond acceptors (Lipinski definition) is 6. The highest BCUT2D eigenvalue weighted by Gasteiger charge is 2.22. The Kier molecular flexibility index (Phi) is 3.58. The largest absolute Gasteiger partial charge is 0.462 e. The van der Waals surface area contributed by atoms with Crippen LogP contribution in [-0.4, -0.2) is 37.2 Å². The predicted molar refractivity (Wildman–Crippen MR) is 55.8 cm³/mol. The van der Waals surface area contributed by atoms with Gasteiger partial charge in [-0.15, -0.1) is 0 Å². The average molecular weight is 244 g/mol. The van der Waals surface area contributed by atoms with E-state index in [1.54, 1.807) is 13.8 Å². The molecular formula is C9H12N2O4S. The Bertz CT molecular complexity index is 510.